The molecule has 0 amide bonds. The number of carbonyl (C=O) groups excluding carboxylic acids is 1. The summed E-state index contributed by atoms with van der Waals surface area (Å²) in [5, 5.41) is 9.78. The van der Waals surface area contributed by atoms with E-state index in [4.69, 9.17) is 4.74 Å². The van der Waals surface area contributed by atoms with E-state index in [9.17, 15) is 9.90 Å². The molecule has 0 unspecified atom stereocenters. The van der Waals surface area contributed by atoms with E-state index in [-0.39, 0.29) is 0 Å². The highest BCUT2D eigenvalue weighted by atomic mass is 16.5. The second-order valence-corrected chi connectivity index (χ2v) is 1.80. The highest BCUT2D eigenvalue weighted by molar-refractivity contribution is 5.79. The summed E-state index contributed by atoms with van der Waals surface area (Å²) in [5.41, 5.74) is 0. The molecule has 3 heteroatoms. The maximum atomic E-state index is 9.78. The molecule has 0 atom stereocenters. The van der Waals surface area contributed by atoms with Gasteiger partial charge < -0.3 is 4.74 Å². The van der Waals surface area contributed by atoms with Crippen LogP contribution in [0.15, 0.2) is 12.2 Å². The molecule has 0 aliphatic carbocycles. The van der Waals surface area contributed by atoms with Crippen LogP contribution in [0.25, 0.3) is 0 Å². The number of hydrogen-bond donors (Lipinski definition) is 0. The van der Waals surface area contributed by atoms with Crippen LogP contribution in [0.3, 0.4) is 0 Å². The third kappa shape index (κ3) is 7.17. The molecule has 0 saturated carbocycles. The molecule has 0 spiro atoms. The monoisotopic (exact) mass is 143 g/mol. The highest BCUT2D eigenvalue weighted by Gasteiger charge is 1.86. The fourth-order valence-corrected chi connectivity index (χ4v) is 0.440. The van der Waals surface area contributed by atoms with E-state index in [0.29, 0.717) is 13.2 Å². The first kappa shape index (κ1) is 9.17. The van der Waals surface area contributed by atoms with Crippen molar-refractivity contribution in [2.75, 3.05) is 13.2 Å². The molecule has 0 rings (SSSR count). The zero-order valence-corrected chi connectivity index (χ0v) is 6.00. The van der Waals surface area contributed by atoms with Crippen molar-refractivity contribution in [3.05, 3.63) is 12.2 Å². The van der Waals surface area contributed by atoms with Gasteiger partial charge in [-0.25, -0.2) is 9.90 Å². The Hall–Kier alpha value is -0.830. The zero-order chi connectivity index (χ0) is 7.82. The van der Waals surface area contributed by atoms with Crippen molar-refractivity contribution in [1.82, 2.24) is 0 Å². The smallest absolute Gasteiger partial charge is 0.377 e. The molecule has 0 N–H and O–H groups in total. The van der Waals surface area contributed by atoms with Gasteiger partial charge in [-0.1, -0.05) is 13.0 Å². The van der Waals surface area contributed by atoms with Gasteiger partial charge in [0.05, 0.1) is 6.61 Å². The first-order valence-electron chi connectivity index (χ1n) is 3.22. The van der Waals surface area contributed by atoms with Crippen molar-refractivity contribution in [3.63, 3.8) is 0 Å². The molecule has 3 nitrogen and oxygen atoms in total. The molecule has 0 bridgehead atoms. The summed E-state index contributed by atoms with van der Waals surface area (Å²) in [4.78, 5) is 9.78. The van der Waals surface area contributed by atoms with E-state index < -0.39 is 5.97 Å². The number of hydrogen-bond acceptors (Lipinski definition) is 2. The lowest BCUT2D eigenvalue weighted by atomic mass is 10.5. The van der Waals surface area contributed by atoms with Crippen LogP contribution in [0.4, 0.5) is 0 Å². The Labute approximate surface area is 60.3 Å². The lowest BCUT2D eigenvalue weighted by Crippen LogP contribution is -1.93. The van der Waals surface area contributed by atoms with Crippen LogP contribution in [0.1, 0.15) is 13.3 Å². The first-order chi connectivity index (χ1) is 4.77. The molecule has 0 aromatic rings. The van der Waals surface area contributed by atoms with Gasteiger partial charge in [0.1, 0.15) is 0 Å². The van der Waals surface area contributed by atoms with Crippen LogP contribution in [-0.2, 0) is 14.6 Å². The second-order valence-electron chi connectivity index (χ2n) is 1.80. The summed E-state index contributed by atoms with van der Waals surface area (Å²) in [6.07, 6.45) is 3.33. The molecule has 0 aromatic carbocycles. The molecule has 0 heterocycles. The molecular formula is C7H11O3. The van der Waals surface area contributed by atoms with Crippen LogP contribution in [0, 0.1) is 0 Å². The topological polar surface area (TPSA) is 46.2 Å². The minimum absolute atomic E-state index is 0.349. The van der Waals surface area contributed by atoms with Crippen molar-refractivity contribution in [2.24, 2.45) is 0 Å². The molecule has 10 heavy (non-hydrogen) atoms. The van der Waals surface area contributed by atoms with Crippen molar-refractivity contribution in [1.29, 1.82) is 0 Å². The molecule has 0 aliphatic heterocycles. The molecule has 57 valence electrons. The normalized spacial score (nSPS) is 10.5. The molecular weight excluding hydrogens is 132 g/mol. The van der Waals surface area contributed by atoms with E-state index in [1.165, 1.54) is 6.08 Å². The van der Waals surface area contributed by atoms with Gasteiger partial charge in [0.2, 0.25) is 0 Å². The standard InChI is InChI=1S/C7H11O3/c1-2-5-10-6-3-4-7(8)9/h3-4H,2,5-6H2,1H3. The third-order valence-corrected chi connectivity index (χ3v) is 0.816. The summed E-state index contributed by atoms with van der Waals surface area (Å²) >= 11 is 0. The van der Waals surface area contributed by atoms with Crippen molar-refractivity contribution >= 4 is 5.97 Å². The van der Waals surface area contributed by atoms with E-state index >= 15 is 0 Å². The van der Waals surface area contributed by atoms with Crippen LogP contribution < -0.4 is 0 Å². The Morgan fingerprint density at radius 1 is 1.60 bits per heavy atom. The van der Waals surface area contributed by atoms with Gasteiger partial charge in [0.25, 0.3) is 0 Å². The Kier molecular flexibility index (Phi) is 5.77. The molecule has 1 radical (unpaired) electrons. The predicted octanol–water partition coefficient (Wildman–Crippen LogP) is 0.926. The number of carbonyl (C=O) groups is 1. The maximum absolute atomic E-state index is 9.78. The minimum atomic E-state index is -1.18. The molecule has 0 fully saturated rings. The zero-order valence-electron chi connectivity index (χ0n) is 6.00. The van der Waals surface area contributed by atoms with E-state index in [2.05, 4.69) is 0 Å². The summed E-state index contributed by atoms with van der Waals surface area (Å²) in [6.45, 7) is 3.00. The summed E-state index contributed by atoms with van der Waals surface area (Å²) < 4.78 is 4.96. The lowest BCUT2D eigenvalue weighted by Gasteiger charge is -1.93. The van der Waals surface area contributed by atoms with Gasteiger partial charge in [-0.05, 0) is 6.42 Å². The fourth-order valence-electron chi connectivity index (χ4n) is 0.440. The number of ether oxygens (including phenoxy) is 1. The molecule has 0 aliphatic rings. The van der Waals surface area contributed by atoms with Crippen LogP contribution in [0.5, 0.6) is 0 Å². The van der Waals surface area contributed by atoms with Crippen molar-refractivity contribution in [2.45, 2.75) is 13.3 Å². The third-order valence-electron chi connectivity index (χ3n) is 0.816. The average Bonchev–Trinajstić information content (AvgIpc) is 1.87. The quantitative estimate of drug-likeness (QED) is 0.424. The van der Waals surface area contributed by atoms with Crippen LogP contribution >= 0.6 is 0 Å². The first-order valence-corrected chi connectivity index (χ1v) is 3.22. The van der Waals surface area contributed by atoms with Gasteiger partial charge in [-0.15, -0.1) is 0 Å². The van der Waals surface area contributed by atoms with Crippen molar-refractivity contribution in [3.8, 4) is 0 Å². The summed E-state index contributed by atoms with van der Waals surface area (Å²) in [5.74, 6) is -1.18. The largest absolute Gasteiger partial charge is 0.378 e. The predicted molar refractivity (Wildman–Crippen MR) is 35.9 cm³/mol. The highest BCUT2D eigenvalue weighted by Crippen LogP contribution is 1.81. The molecule has 0 saturated heterocycles. The van der Waals surface area contributed by atoms with E-state index in [1.807, 2.05) is 6.92 Å². The van der Waals surface area contributed by atoms with Gasteiger partial charge in [0, 0.05) is 12.7 Å². The Morgan fingerprint density at radius 2 is 2.30 bits per heavy atom. The Balaban J connectivity index is 3.10. The average molecular weight is 143 g/mol. The minimum Gasteiger partial charge on any atom is -0.377 e. The van der Waals surface area contributed by atoms with Gasteiger partial charge in [-0.2, -0.15) is 0 Å². The fraction of sp³-hybridized carbons (Fsp3) is 0.571. The Morgan fingerprint density at radius 3 is 2.80 bits per heavy atom. The van der Waals surface area contributed by atoms with E-state index in [1.54, 1.807) is 0 Å². The number of rotatable bonds is 5. The van der Waals surface area contributed by atoms with E-state index in [0.717, 1.165) is 12.5 Å². The van der Waals surface area contributed by atoms with Crippen LogP contribution in [0.2, 0.25) is 0 Å². The second kappa shape index (κ2) is 6.29. The SMILES string of the molecule is CCCOCC=CC([O])=O. The van der Waals surface area contributed by atoms with Gasteiger partial charge in [-0.3, -0.25) is 0 Å². The molecule has 0 aromatic heterocycles. The van der Waals surface area contributed by atoms with Gasteiger partial charge >= 0.3 is 5.97 Å². The lowest BCUT2D eigenvalue weighted by molar-refractivity contribution is -0.137. The summed E-state index contributed by atoms with van der Waals surface area (Å²) in [7, 11) is 0. The Bertz CT molecular complexity index is 118. The van der Waals surface area contributed by atoms with Gasteiger partial charge in [0.15, 0.2) is 0 Å². The summed E-state index contributed by atoms with van der Waals surface area (Å²) in [6, 6.07) is 0. The maximum Gasteiger partial charge on any atom is 0.378 e. The van der Waals surface area contributed by atoms with Crippen molar-refractivity contribution < 1.29 is 14.6 Å². The van der Waals surface area contributed by atoms with Crippen LogP contribution in [-0.4, -0.2) is 19.2 Å².